The summed E-state index contributed by atoms with van der Waals surface area (Å²) in [6.45, 7) is 4.05. The van der Waals surface area contributed by atoms with Crippen LogP contribution in [0.4, 0.5) is 0 Å². The number of benzene rings is 6. The summed E-state index contributed by atoms with van der Waals surface area (Å²) in [5.41, 5.74) is 12.7. The van der Waals surface area contributed by atoms with Gasteiger partial charge in [0.25, 0.3) is 0 Å². The van der Waals surface area contributed by atoms with E-state index in [0.717, 1.165) is 83.5 Å². The minimum absolute atomic E-state index is 0.623. The summed E-state index contributed by atoms with van der Waals surface area (Å²) < 4.78 is 0. The molecule has 0 radical (unpaired) electrons. The van der Waals surface area contributed by atoms with Crippen molar-refractivity contribution in [2.24, 2.45) is 0 Å². The zero-order valence-electron chi connectivity index (χ0n) is 26.5. The summed E-state index contributed by atoms with van der Waals surface area (Å²) in [4.78, 5) is 19.2. The van der Waals surface area contributed by atoms with Crippen LogP contribution in [0.2, 0.25) is 0 Å². The van der Waals surface area contributed by atoms with Gasteiger partial charge in [-0.05, 0) is 77.6 Å². The fourth-order valence-electron chi connectivity index (χ4n) is 6.31. The van der Waals surface area contributed by atoms with Crippen LogP contribution in [-0.4, -0.2) is 19.9 Å². The van der Waals surface area contributed by atoms with Crippen LogP contribution in [0.5, 0.6) is 0 Å². The van der Waals surface area contributed by atoms with Gasteiger partial charge in [-0.1, -0.05) is 109 Å². The van der Waals surface area contributed by atoms with Crippen LogP contribution in [-0.2, 0) is 0 Å². The first-order valence-corrected chi connectivity index (χ1v) is 15.9. The van der Waals surface area contributed by atoms with Crippen molar-refractivity contribution in [1.29, 1.82) is 5.26 Å². The van der Waals surface area contributed by atoms with Crippen molar-refractivity contribution < 1.29 is 0 Å². The van der Waals surface area contributed by atoms with Crippen molar-refractivity contribution in [2.45, 2.75) is 13.8 Å². The predicted molar refractivity (Wildman–Crippen MR) is 194 cm³/mol. The van der Waals surface area contributed by atoms with Gasteiger partial charge in [-0.15, -0.1) is 0 Å². The van der Waals surface area contributed by atoms with Crippen LogP contribution in [0.1, 0.15) is 17.0 Å². The van der Waals surface area contributed by atoms with E-state index in [1.807, 2.05) is 68.4 Å². The third-order valence-corrected chi connectivity index (χ3v) is 8.84. The van der Waals surface area contributed by atoms with Crippen LogP contribution in [0.15, 0.2) is 140 Å². The number of nitrogens with zero attached hydrogens (tertiary/aromatic N) is 5. The molecular formula is C43H29N5. The third-order valence-electron chi connectivity index (χ3n) is 8.84. The Bertz CT molecular complexity index is 2530. The van der Waals surface area contributed by atoms with Crippen molar-refractivity contribution in [3.63, 3.8) is 0 Å². The standard InChI is InChI=1S/C43H29N5/c1-27-36-10-3-5-12-40(36)47-42(45-27)32-18-14-30(15-19-32)34-22-23-38(39(25-34)35-9-7-8-29(24-35)26-44)31-16-20-33(21-17-31)43-46-28(2)37-11-4-6-13-41(37)48-43/h3-25H,1-2H3. The van der Waals surface area contributed by atoms with Gasteiger partial charge in [0, 0.05) is 33.3 Å². The Hall–Kier alpha value is -6.51. The predicted octanol–water partition coefficient (Wildman–Crippen LogP) is 10.4. The van der Waals surface area contributed by atoms with Crippen LogP contribution in [0.25, 0.3) is 78.0 Å². The van der Waals surface area contributed by atoms with Gasteiger partial charge in [0.1, 0.15) is 0 Å². The summed E-state index contributed by atoms with van der Waals surface area (Å²) in [5, 5.41) is 11.8. The first kappa shape index (κ1) is 28.9. The zero-order chi connectivity index (χ0) is 32.6. The molecule has 0 N–H and O–H groups in total. The lowest BCUT2D eigenvalue weighted by Crippen LogP contribution is -1.94. The van der Waals surface area contributed by atoms with E-state index >= 15 is 0 Å². The maximum atomic E-state index is 9.68. The van der Waals surface area contributed by atoms with Crippen molar-refractivity contribution >= 4 is 21.8 Å². The maximum Gasteiger partial charge on any atom is 0.160 e. The molecule has 0 bridgehead atoms. The van der Waals surface area contributed by atoms with Gasteiger partial charge in [0.2, 0.25) is 0 Å². The fraction of sp³-hybridized carbons (Fsp3) is 0.0465. The highest BCUT2D eigenvalue weighted by molar-refractivity contribution is 5.89. The molecule has 0 saturated heterocycles. The second-order valence-electron chi connectivity index (χ2n) is 11.9. The molecule has 0 aliphatic carbocycles. The van der Waals surface area contributed by atoms with Gasteiger partial charge in [-0.2, -0.15) is 5.26 Å². The van der Waals surface area contributed by atoms with Gasteiger partial charge in [0.15, 0.2) is 11.6 Å². The molecule has 2 aromatic heterocycles. The first-order chi connectivity index (χ1) is 23.5. The first-order valence-electron chi connectivity index (χ1n) is 15.9. The average Bonchev–Trinajstić information content (AvgIpc) is 3.15. The van der Waals surface area contributed by atoms with E-state index in [-0.39, 0.29) is 0 Å². The molecular weight excluding hydrogens is 587 g/mol. The Kier molecular flexibility index (Phi) is 7.24. The molecule has 8 rings (SSSR count). The Morgan fingerprint density at radius 1 is 0.417 bits per heavy atom. The Morgan fingerprint density at radius 2 is 0.938 bits per heavy atom. The molecule has 0 aliphatic heterocycles. The number of fused-ring (bicyclic) bond motifs is 2. The number of nitriles is 1. The summed E-state index contributed by atoms with van der Waals surface area (Å²) in [7, 11) is 0. The molecule has 0 fully saturated rings. The molecule has 5 heteroatoms. The number of para-hydroxylation sites is 2. The lowest BCUT2D eigenvalue weighted by molar-refractivity contribution is 1.16. The van der Waals surface area contributed by atoms with Crippen LogP contribution < -0.4 is 0 Å². The molecule has 6 aromatic carbocycles. The summed E-state index contributed by atoms with van der Waals surface area (Å²) in [6, 6.07) is 49.6. The molecule has 0 atom stereocenters. The zero-order valence-corrected chi connectivity index (χ0v) is 26.5. The Morgan fingerprint density at radius 3 is 1.52 bits per heavy atom. The molecule has 226 valence electrons. The molecule has 0 unspecified atom stereocenters. The molecule has 8 aromatic rings. The third kappa shape index (κ3) is 5.36. The SMILES string of the molecule is Cc1nc(-c2ccc(-c3ccc(-c4ccc(-c5nc(C)c6ccccc6n5)cc4)c(-c4cccc(C#N)c4)c3)cc2)nc2ccccc12. The molecule has 0 saturated carbocycles. The van der Waals surface area contributed by atoms with E-state index in [4.69, 9.17) is 19.9 Å². The summed E-state index contributed by atoms with van der Waals surface area (Å²) >= 11 is 0. The fourth-order valence-corrected chi connectivity index (χ4v) is 6.31. The van der Waals surface area contributed by atoms with E-state index in [1.54, 1.807) is 0 Å². The number of rotatable bonds is 5. The second-order valence-corrected chi connectivity index (χ2v) is 11.9. The molecule has 48 heavy (non-hydrogen) atoms. The van der Waals surface area contributed by atoms with Gasteiger partial charge in [-0.25, -0.2) is 19.9 Å². The lowest BCUT2D eigenvalue weighted by atomic mass is 9.90. The molecule has 2 heterocycles. The average molecular weight is 616 g/mol. The lowest BCUT2D eigenvalue weighted by Gasteiger charge is -2.14. The van der Waals surface area contributed by atoms with E-state index in [2.05, 4.69) is 91.0 Å². The van der Waals surface area contributed by atoms with Crippen molar-refractivity contribution in [2.75, 3.05) is 0 Å². The van der Waals surface area contributed by atoms with Crippen molar-refractivity contribution in [1.82, 2.24) is 19.9 Å². The largest absolute Gasteiger partial charge is 0.233 e. The highest BCUT2D eigenvalue weighted by Gasteiger charge is 2.14. The molecule has 0 spiro atoms. The highest BCUT2D eigenvalue weighted by Crippen LogP contribution is 2.37. The highest BCUT2D eigenvalue weighted by atomic mass is 14.9. The maximum absolute atomic E-state index is 9.68. The Labute approximate surface area is 278 Å². The number of hydrogen-bond acceptors (Lipinski definition) is 5. The second kappa shape index (κ2) is 12.0. The van der Waals surface area contributed by atoms with Gasteiger partial charge in [0.05, 0.1) is 22.7 Å². The molecule has 5 nitrogen and oxygen atoms in total. The van der Waals surface area contributed by atoms with E-state index in [9.17, 15) is 5.26 Å². The number of hydrogen-bond donors (Lipinski definition) is 0. The quantitative estimate of drug-likeness (QED) is 0.193. The number of aromatic nitrogens is 4. The van der Waals surface area contributed by atoms with E-state index < -0.39 is 0 Å². The van der Waals surface area contributed by atoms with Crippen molar-refractivity contribution in [3.8, 4) is 62.2 Å². The van der Waals surface area contributed by atoms with E-state index in [1.165, 1.54) is 0 Å². The molecule has 0 aliphatic rings. The van der Waals surface area contributed by atoms with Gasteiger partial charge >= 0.3 is 0 Å². The van der Waals surface area contributed by atoms with Crippen LogP contribution in [0, 0.1) is 25.2 Å². The van der Waals surface area contributed by atoms with Crippen LogP contribution in [0.3, 0.4) is 0 Å². The van der Waals surface area contributed by atoms with E-state index in [0.29, 0.717) is 11.4 Å². The summed E-state index contributed by atoms with van der Waals surface area (Å²) in [5.74, 6) is 1.43. The van der Waals surface area contributed by atoms with Crippen LogP contribution >= 0.6 is 0 Å². The molecule has 0 amide bonds. The number of aryl methyl sites for hydroxylation is 2. The summed E-state index contributed by atoms with van der Waals surface area (Å²) in [6.07, 6.45) is 0. The minimum Gasteiger partial charge on any atom is -0.233 e. The normalized spacial score (nSPS) is 11.1. The topological polar surface area (TPSA) is 75.3 Å². The van der Waals surface area contributed by atoms with Crippen molar-refractivity contribution in [3.05, 3.63) is 156 Å². The van der Waals surface area contributed by atoms with Gasteiger partial charge in [-0.3, -0.25) is 0 Å². The van der Waals surface area contributed by atoms with Gasteiger partial charge < -0.3 is 0 Å². The monoisotopic (exact) mass is 615 g/mol. The smallest absolute Gasteiger partial charge is 0.160 e. The Balaban J connectivity index is 1.17. The minimum atomic E-state index is 0.623.